The Kier molecular flexibility index (Phi) is 5.38. The molecule has 2 nitrogen and oxygen atoms in total. The first kappa shape index (κ1) is 13.6. The van der Waals surface area contributed by atoms with E-state index in [2.05, 4.69) is 15.9 Å². The van der Waals surface area contributed by atoms with Gasteiger partial charge in [0.1, 0.15) is 5.82 Å². The summed E-state index contributed by atoms with van der Waals surface area (Å²) in [6.45, 7) is 1.92. The number of aliphatic hydroxyl groups is 1. The molecule has 16 heavy (non-hydrogen) atoms. The van der Waals surface area contributed by atoms with Gasteiger partial charge in [-0.1, -0.05) is 15.9 Å². The molecule has 0 amide bonds. The van der Waals surface area contributed by atoms with Crippen molar-refractivity contribution in [3.05, 3.63) is 34.1 Å². The van der Waals surface area contributed by atoms with Crippen LogP contribution in [0.1, 0.15) is 31.4 Å². The summed E-state index contributed by atoms with van der Waals surface area (Å²) in [6, 6.07) is 4.57. The maximum Gasteiger partial charge on any atom is 0.129 e. The number of rotatable bonds is 5. The van der Waals surface area contributed by atoms with E-state index in [1.807, 2.05) is 6.92 Å². The van der Waals surface area contributed by atoms with Crippen LogP contribution < -0.4 is 0 Å². The number of hydrogen-bond acceptors (Lipinski definition) is 2. The molecule has 0 aliphatic heterocycles. The maximum absolute atomic E-state index is 13.4. The highest BCUT2D eigenvalue weighted by Crippen LogP contribution is 2.25. The fourth-order valence-electron chi connectivity index (χ4n) is 1.44. The fourth-order valence-corrected chi connectivity index (χ4v) is 1.81. The molecule has 1 aromatic carbocycles. The molecule has 0 radical (unpaired) electrons. The second-order valence-electron chi connectivity index (χ2n) is 3.81. The van der Waals surface area contributed by atoms with E-state index in [9.17, 15) is 9.50 Å². The van der Waals surface area contributed by atoms with Gasteiger partial charge in [0.25, 0.3) is 0 Å². The minimum atomic E-state index is -0.782. The third kappa shape index (κ3) is 3.85. The topological polar surface area (TPSA) is 29.5 Å². The molecular weight excluding hydrogens is 275 g/mol. The zero-order chi connectivity index (χ0) is 12.1. The second-order valence-corrected chi connectivity index (χ2v) is 4.72. The number of benzene rings is 1. The molecule has 2 atom stereocenters. The molecule has 0 heterocycles. The van der Waals surface area contributed by atoms with Crippen molar-refractivity contribution in [3.63, 3.8) is 0 Å². The van der Waals surface area contributed by atoms with Gasteiger partial charge in [0.15, 0.2) is 0 Å². The lowest BCUT2D eigenvalue weighted by Gasteiger charge is -2.15. The van der Waals surface area contributed by atoms with Gasteiger partial charge >= 0.3 is 0 Å². The van der Waals surface area contributed by atoms with Crippen LogP contribution in [0, 0.1) is 5.82 Å². The highest BCUT2D eigenvalue weighted by atomic mass is 79.9. The smallest absolute Gasteiger partial charge is 0.129 e. The zero-order valence-corrected chi connectivity index (χ0v) is 11.0. The van der Waals surface area contributed by atoms with Crippen LogP contribution in [0.4, 0.5) is 4.39 Å². The van der Waals surface area contributed by atoms with Crippen molar-refractivity contribution in [3.8, 4) is 0 Å². The SMILES string of the molecule is COC(C)CCC(O)c1cc(Br)ccc1F. The minimum Gasteiger partial charge on any atom is -0.388 e. The van der Waals surface area contributed by atoms with E-state index in [0.717, 1.165) is 4.47 Å². The Hall–Kier alpha value is -0.450. The van der Waals surface area contributed by atoms with Gasteiger partial charge in [-0.3, -0.25) is 0 Å². The monoisotopic (exact) mass is 290 g/mol. The van der Waals surface area contributed by atoms with Crippen molar-refractivity contribution in [1.29, 1.82) is 0 Å². The number of methoxy groups -OCH3 is 1. The lowest BCUT2D eigenvalue weighted by Crippen LogP contribution is -2.08. The third-order valence-electron chi connectivity index (χ3n) is 2.57. The van der Waals surface area contributed by atoms with Crippen molar-refractivity contribution in [1.82, 2.24) is 0 Å². The van der Waals surface area contributed by atoms with Crippen LogP contribution in [0.15, 0.2) is 22.7 Å². The van der Waals surface area contributed by atoms with E-state index < -0.39 is 6.10 Å². The van der Waals surface area contributed by atoms with E-state index in [4.69, 9.17) is 4.74 Å². The predicted molar refractivity (Wildman–Crippen MR) is 64.8 cm³/mol. The van der Waals surface area contributed by atoms with Crippen molar-refractivity contribution in [2.24, 2.45) is 0 Å². The average Bonchev–Trinajstić information content (AvgIpc) is 2.28. The Morgan fingerprint density at radius 1 is 1.44 bits per heavy atom. The van der Waals surface area contributed by atoms with E-state index in [-0.39, 0.29) is 11.9 Å². The summed E-state index contributed by atoms with van der Waals surface area (Å²) in [6.07, 6.45) is 0.478. The molecule has 0 aliphatic rings. The molecule has 90 valence electrons. The Bertz CT molecular complexity index is 344. The summed E-state index contributed by atoms with van der Waals surface area (Å²) >= 11 is 3.26. The average molecular weight is 291 g/mol. The third-order valence-corrected chi connectivity index (χ3v) is 3.06. The summed E-state index contributed by atoms with van der Waals surface area (Å²) < 4.78 is 19.3. The van der Waals surface area contributed by atoms with E-state index >= 15 is 0 Å². The lowest BCUT2D eigenvalue weighted by atomic mass is 10.0. The first-order chi connectivity index (χ1) is 7.54. The highest BCUT2D eigenvalue weighted by Gasteiger charge is 2.14. The van der Waals surface area contributed by atoms with E-state index in [0.29, 0.717) is 18.4 Å². The predicted octanol–water partition coefficient (Wildman–Crippen LogP) is 3.44. The van der Waals surface area contributed by atoms with Crippen molar-refractivity contribution in [2.45, 2.75) is 32.0 Å². The summed E-state index contributed by atoms with van der Waals surface area (Å²) in [7, 11) is 1.62. The van der Waals surface area contributed by atoms with E-state index in [1.54, 1.807) is 19.2 Å². The lowest BCUT2D eigenvalue weighted by molar-refractivity contribution is 0.0840. The molecule has 0 spiro atoms. The molecule has 1 aromatic rings. The summed E-state index contributed by atoms with van der Waals surface area (Å²) in [5.74, 6) is -0.374. The van der Waals surface area contributed by atoms with Gasteiger partial charge in [0.2, 0.25) is 0 Å². The molecule has 1 N–H and O–H groups in total. The Morgan fingerprint density at radius 2 is 2.12 bits per heavy atom. The summed E-state index contributed by atoms with van der Waals surface area (Å²) in [4.78, 5) is 0. The molecule has 0 bridgehead atoms. The van der Waals surface area contributed by atoms with Gasteiger partial charge in [-0.05, 0) is 38.0 Å². The van der Waals surface area contributed by atoms with E-state index in [1.165, 1.54) is 6.07 Å². The molecular formula is C12H16BrFO2. The first-order valence-electron chi connectivity index (χ1n) is 5.20. The van der Waals surface area contributed by atoms with Gasteiger partial charge in [-0.25, -0.2) is 4.39 Å². The molecule has 0 aliphatic carbocycles. The van der Waals surface area contributed by atoms with Crippen molar-refractivity contribution < 1.29 is 14.2 Å². The normalized spacial score (nSPS) is 14.8. The molecule has 4 heteroatoms. The van der Waals surface area contributed by atoms with Crippen molar-refractivity contribution >= 4 is 15.9 Å². The van der Waals surface area contributed by atoms with Crippen LogP contribution in [0.3, 0.4) is 0 Å². The maximum atomic E-state index is 13.4. The van der Waals surface area contributed by atoms with Crippen LogP contribution >= 0.6 is 15.9 Å². The largest absolute Gasteiger partial charge is 0.388 e. The van der Waals surface area contributed by atoms with Gasteiger partial charge in [-0.2, -0.15) is 0 Å². The number of halogens is 2. The Labute approximate surface area is 104 Å². The number of ether oxygens (including phenoxy) is 1. The standard InChI is InChI=1S/C12H16BrFO2/c1-8(16-2)3-6-12(15)10-7-9(13)4-5-11(10)14/h4-5,7-8,12,15H,3,6H2,1-2H3. The minimum absolute atomic E-state index is 0.0739. The number of hydrogen-bond donors (Lipinski definition) is 1. The van der Waals surface area contributed by atoms with Crippen LogP contribution in [0.2, 0.25) is 0 Å². The van der Waals surface area contributed by atoms with Gasteiger partial charge < -0.3 is 9.84 Å². The Morgan fingerprint density at radius 3 is 2.75 bits per heavy atom. The van der Waals surface area contributed by atoms with Crippen molar-refractivity contribution in [2.75, 3.05) is 7.11 Å². The summed E-state index contributed by atoms with van der Waals surface area (Å²) in [5.41, 5.74) is 0.331. The number of aliphatic hydroxyl groups excluding tert-OH is 1. The van der Waals surface area contributed by atoms with Gasteiger partial charge in [0, 0.05) is 17.1 Å². The molecule has 0 saturated heterocycles. The molecule has 0 fully saturated rings. The second kappa shape index (κ2) is 6.33. The van der Waals surface area contributed by atoms with Crippen LogP contribution in [-0.2, 0) is 4.74 Å². The highest BCUT2D eigenvalue weighted by molar-refractivity contribution is 9.10. The van der Waals surface area contributed by atoms with Crippen LogP contribution in [0.5, 0.6) is 0 Å². The van der Waals surface area contributed by atoms with Crippen LogP contribution in [0.25, 0.3) is 0 Å². The zero-order valence-electron chi connectivity index (χ0n) is 9.41. The molecule has 2 unspecified atom stereocenters. The fraction of sp³-hybridized carbons (Fsp3) is 0.500. The molecule has 0 saturated carbocycles. The van der Waals surface area contributed by atoms with Crippen LogP contribution in [-0.4, -0.2) is 18.3 Å². The first-order valence-corrected chi connectivity index (χ1v) is 5.99. The molecule has 1 rings (SSSR count). The summed E-state index contributed by atoms with van der Waals surface area (Å²) in [5, 5.41) is 9.85. The quantitative estimate of drug-likeness (QED) is 0.900. The molecule has 0 aromatic heterocycles. The van der Waals surface area contributed by atoms with Gasteiger partial charge in [0.05, 0.1) is 12.2 Å². The Balaban J connectivity index is 2.65. The van der Waals surface area contributed by atoms with Gasteiger partial charge in [-0.15, -0.1) is 0 Å².